The molecule has 0 rings (SSSR count). The molecule has 0 heterocycles. The lowest BCUT2D eigenvalue weighted by atomic mass is 9.76. The van der Waals surface area contributed by atoms with Gasteiger partial charge in [0.25, 0.3) is 0 Å². The van der Waals surface area contributed by atoms with E-state index in [-0.39, 0.29) is 11.3 Å². The second kappa shape index (κ2) is 6.89. The van der Waals surface area contributed by atoms with Gasteiger partial charge in [-0.15, -0.1) is 0 Å². The molecule has 0 aromatic rings. The Hall–Kier alpha value is -0.570. The minimum atomic E-state index is 0.241. The molecule has 16 heavy (non-hydrogen) atoms. The summed E-state index contributed by atoms with van der Waals surface area (Å²) in [4.78, 5) is 13.5. The summed E-state index contributed by atoms with van der Waals surface area (Å²) < 4.78 is 0. The van der Waals surface area contributed by atoms with Crippen molar-refractivity contribution in [2.45, 2.75) is 47.0 Å². The van der Waals surface area contributed by atoms with Gasteiger partial charge in [0.05, 0.1) is 0 Å². The van der Waals surface area contributed by atoms with Gasteiger partial charge < -0.3 is 10.6 Å². The topological polar surface area (TPSA) is 46.3 Å². The van der Waals surface area contributed by atoms with E-state index in [9.17, 15) is 4.79 Å². The van der Waals surface area contributed by atoms with Crippen LogP contribution in [0.2, 0.25) is 0 Å². The van der Waals surface area contributed by atoms with Crippen molar-refractivity contribution < 1.29 is 4.79 Å². The van der Waals surface area contributed by atoms with Gasteiger partial charge in [-0.25, -0.2) is 0 Å². The third-order valence-electron chi connectivity index (χ3n) is 3.35. The summed E-state index contributed by atoms with van der Waals surface area (Å²) in [6.45, 7) is 10.2. The minimum absolute atomic E-state index is 0.241. The van der Waals surface area contributed by atoms with Crippen LogP contribution in [-0.2, 0) is 4.79 Å². The van der Waals surface area contributed by atoms with Crippen molar-refractivity contribution in [3.8, 4) is 0 Å². The van der Waals surface area contributed by atoms with Gasteiger partial charge in [0.1, 0.15) is 0 Å². The molecule has 1 amide bonds. The molecule has 0 radical (unpaired) electrons. The van der Waals surface area contributed by atoms with E-state index in [2.05, 4.69) is 20.8 Å². The Morgan fingerprint density at radius 3 is 2.25 bits per heavy atom. The van der Waals surface area contributed by atoms with Gasteiger partial charge in [0.15, 0.2) is 0 Å². The van der Waals surface area contributed by atoms with E-state index >= 15 is 0 Å². The summed E-state index contributed by atoms with van der Waals surface area (Å²) >= 11 is 0. The lowest BCUT2D eigenvalue weighted by Gasteiger charge is -2.30. The molecule has 3 nitrogen and oxygen atoms in total. The van der Waals surface area contributed by atoms with Crippen molar-refractivity contribution in [1.82, 2.24) is 4.90 Å². The van der Waals surface area contributed by atoms with Gasteiger partial charge >= 0.3 is 0 Å². The molecule has 1 unspecified atom stereocenters. The maximum absolute atomic E-state index is 11.7. The zero-order valence-electron chi connectivity index (χ0n) is 11.5. The van der Waals surface area contributed by atoms with Crippen molar-refractivity contribution in [1.29, 1.82) is 0 Å². The SMILES string of the molecule is CCN(C)C(=O)CCC(CCN)C(C)(C)C. The highest BCUT2D eigenvalue weighted by Gasteiger charge is 2.24. The highest BCUT2D eigenvalue weighted by molar-refractivity contribution is 5.75. The first kappa shape index (κ1) is 15.4. The molecule has 2 N–H and O–H groups in total. The molecule has 0 fully saturated rings. The first-order chi connectivity index (χ1) is 7.32. The minimum Gasteiger partial charge on any atom is -0.346 e. The summed E-state index contributed by atoms with van der Waals surface area (Å²) in [5, 5.41) is 0. The zero-order chi connectivity index (χ0) is 12.8. The van der Waals surface area contributed by atoms with Crippen LogP contribution in [0.25, 0.3) is 0 Å². The summed E-state index contributed by atoms with van der Waals surface area (Å²) in [7, 11) is 1.86. The van der Waals surface area contributed by atoms with Crippen molar-refractivity contribution in [3.05, 3.63) is 0 Å². The Morgan fingerprint density at radius 2 is 1.88 bits per heavy atom. The average molecular weight is 228 g/mol. The van der Waals surface area contributed by atoms with Gasteiger partial charge in [-0.05, 0) is 37.6 Å². The number of nitrogens with two attached hydrogens (primary N) is 1. The molecule has 0 aromatic carbocycles. The first-order valence-corrected chi connectivity index (χ1v) is 6.27. The largest absolute Gasteiger partial charge is 0.346 e. The molecule has 0 aliphatic rings. The number of amides is 1. The van der Waals surface area contributed by atoms with Crippen LogP contribution >= 0.6 is 0 Å². The molecule has 0 aliphatic heterocycles. The molecular formula is C13H28N2O. The van der Waals surface area contributed by atoms with Gasteiger partial charge in [-0.1, -0.05) is 20.8 Å². The normalized spacial score (nSPS) is 13.6. The summed E-state index contributed by atoms with van der Waals surface area (Å²) in [5.41, 5.74) is 5.86. The fourth-order valence-corrected chi connectivity index (χ4v) is 1.88. The van der Waals surface area contributed by atoms with E-state index in [1.807, 2.05) is 14.0 Å². The molecule has 0 spiro atoms. The maximum Gasteiger partial charge on any atom is 0.222 e. The second-order valence-electron chi connectivity index (χ2n) is 5.59. The summed E-state index contributed by atoms with van der Waals surface area (Å²) in [6, 6.07) is 0. The Kier molecular flexibility index (Phi) is 6.65. The molecule has 0 saturated heterocycles. The second-order valence-corrected chi connectivity index (χ2v) is 5.59. The lowest BCUT2D eigenvalue weighted by molar-refractivity contribution is -0.130. The fraction of sp³-hybridized carbons (Fsp3) is 0.923. The van der Waals surface area contributed by atoms with Gasteiger partial charge in [-0.3, -0.25) is 4.79 Å². The van der Waals surface area contributed by atoms with Crippen LogP contribution in [0.15, 0.2) is 0 Å². The van der Waals surface area contributed by atoms with Crippen LogP contribution in [-0.4, -0.2) is 30.9 Å². The molecule has 96 valence electrons. The number of hydrogen-bond donors (Lipinski definition) is 1. The van der Waals surface area contributed by atoms with E-state index in [1.165, 1.54) is 0 Å². The van der Waals surface area contributed by atoms with Crippen molar-refractivity contribution in [2.24, 2.45) is 17.1 Å². The van der Waals surface area contributed by atoms with Crippen molar-refractivity contribution in [3.63, 3.8) is 0 Å². The maximum atomic E-state index is 11.7. The summed E-state index contributed by atoms with van der Waals surface area (Å²) in [5.74, 6) is 0.778. The summed E-state index contributed by atoms with van der Waals surface area (Å²) in [6.07, 6.45) is 2.60. The predicted octanol–water partition coefficient (Wildman–Crippen LogP) is 2.26. The smallest absolute Gasteiger partial charge is 0.222 e. The van der Waals surface area contributed by atoms with Gasteiger partial charge in [-0.2, -0.15) is 0 Å². The van der Waals surface area contributed by atoms with Crippen LogP contribution in [0.4, 0.5) is 0 Å². The molecule has 0 aliphatic carbocycles. The van der Waals surface area contributed by atoms with Gasteiger partial charge in [0, 0.05) is 20.0 Å². The molecule has 3 heteroatoms. The highest BCUT2D eigenvalue weighted by atomic mass is 16.2. The standard InChI is InChI=1S/C13H28N2O/c1-6-15(5)12(16)8-7-11(9-10-14)13(2,3)4/h11H,6-10,14H2,1-5H3. The molecule has 0 aromatic heterocycles. The van der Waals surface area contributed by atoms with Crippen LogP contribution in [0.3, 0.4) is 0 Å². The molecule has 0 saturated carbocycles. The monoisotopic (exact) mass is 228 g/mol. The lowest BCUT2D eigenvalue weighted by Crippen LogP contribution is -2.29. The number of hydrogen-bond acceptors (Lipinski definition) is 2. The average Bonchev–Trinajstić information content (AvgIpc) is 2.20. The van der Waals surface area contributed by atoms with Crippen molar-refractivity contribution in [2.75, 3.05) is 20.1 Å². The Bertz CT molecular complexity index is 208. The van der Waals surface area contributed by atoms with E-state index in [1.54, 1.807) is 4.90 Å². The van der Waals surface area contributed by atoms with Gasteiger partial charge in [0.2, 0.25) is 5.91 Å². The molecular weight excluding hydrogens is 200 g/mol. The van der Waals surface area contributed by atoms with Crippen LogP contribution in [0, 0.1) is 11.3 Å². The van der Waals surface area contributed by atoms with Crippen LogP contribution in [0.1, 0.15) is 47.0 Å². The Balaban J connectivity index is 4.17. The van der Waals surface area contributed by atoms with E-state index in [0.717, 1.165) is 19.4 Å². The molecule has 1 atom stereocenters. The molecule has 0 bridgehead atoms. The van der Waals surface area contributed by atoms with E-state index in [4.69, 9.17) is 5.73 Å². The number of carbonyl (C=O) groups excluding carboxylic acids is 1. The highest BCUT2D eigenvalue weighted by Crippen LogP contribution is 2.32. The number of carbonyl (C=O) groups is 1. The first-order valence-electron chi connectivity index (χ1n) is 6.27. The number of rotatable bonds is 6. The quantitative estimate of drug-likeness (QED) is 0.758. The van der Waals surface area contributed by atoms with E-state index in [0.29, 0.717) is 18.9 Å². The van der Waals surface area contributed by atoms with Crippen LogP contribution < -0.4 is 5.73 Å². The van der Waals surface area contributed by atoms with Crippen molar-refractivity contribution >= 4 is 5.91 Å². The number of nitrogens with zero attached hydrogens (tertiary/aromatic N) is 1. The fourth-order valence-electron chi connectivity index (χ4n) is 1.88. The predicted molar refractivity (Wildman–Crippen MR) is 69.2 cm³/mol. The van der Waals surface area contributed by atoms with Crippen LogP contribution in [0.5, 0.6) is 0 Å². The zero-order valence-corrected chi connectivity index (χ0v) is 11.5. The Labute approximate surface area is 100 Å². The third kappa shape index (κ3) is 5.50. The van der Waals surface area contributed by atoms with E-state index < -0.39 is 0 Å². The Morgan fingerprint density at radius 1 is 1.31 bits per heavy atom. The third-order valence-corrected chi connectivity index (χ3v) is 3.35.